The lowest BCUT2D eigenvalue weighted by Crippen LogP contribution is -2.37. The molecule has 1 aromatic heterocycles. The van der Waals surface area contributed by atoms with Gasteiger partial charge in [-0.05, 0) is 13.0 Å². The molecule has 1 aliphatic rings. The third kappa shape index (κ3) is 3.11. The number of morpholine rings is 1. The Balaban J connectivity index is 1.59. The molecular formula is C10H19N5O. The van der Waals surface area contributed by atoms with Crippen LogP contribution in [0, 0.1) is 0 Å². The van der Waals surface area contributed by atoms with E-state index in [4.69, 9.17) is 10.5 Å². The molecule has 16 heavy (non-hydrogen) atoms. The van der Waals surface area contributed by atoms with Gasteiger partial charge in [0.1, 0.15) is 5.82 Å². The van der Waals surface area contributed by atoms with Crippen LogP contribution in [0.4, 0.5) is 11.5 Å². The van der Waals surface area contributed by atoms with E-state index in [1.54, 1.807) is 6.20 Å². The third-order valence-corrected chi connectivity index (χ3v) is 2.74. The van der Waals surface area contributed by atoms with Gasteiger partial charge in [-0.3, -0.25) is 10.00 Å². The van der Waals surface area contributed by atoms with Gasteiger partial charge in [0, 0.05) is 19.6 Å². The number of nitrogen functional groups attached to an aromatic ring is 1. The van der Waals surface area contributed by atoms with Gasteiger partial charge >= 0.3 is 0 Å². The molecule has 0 aliphatic carbocycles. The monoisotopic (exact) mass is 225 g/mol. The number of ether oxygens (including phenoxy) is 1. The van der Waals surface area contributed by atoms with Gasteiger partial charge in [0.05, 0.1) is 25.1 Å². The molecule has 0 spiro atoms. The topological polar surface area (TPSA) is 79.2 Å². The first-order valence-electron chi connectivity index (χ1n) is 5.69. The van der Waals surface area contributed by atoms with Gasteiger partial charge in [-0.1, -0.05) is 0 Å². The van der Waals surface area contributed by atoms with Crippen LogP contribution in [0.3, 0.4) is 0 Å². The number of anilines is 2. The number of aromatic amines is 1. The van der Waals surface area contributed by atoms with Crippen molar-refractivity contribution in [2.75, 3.05) is 50.4 Å². The van der Waals surface area contributed by atoms with Crippen molar-refractivity contribution >= 4 is 11.5 Å². The van der Waals surface area contributed by atoms with Crippen LogP contribution < -0.4 is 11.1 Å². The van der Waals surface area contributed by atoms with Crippen molar-refractivity contribution in [3.05, 3.63) is 6.20 Å². The second kappa shape index (κ2) is 5.72. The minimum atomic E-state index is 0.603. The summed E-state index contributed by atoms with van der Waals surface area (Å²) in [7, 11) is 0. The van der Waals surface area contributed by atoms with Crippen LogP contribution in [0.5, 0.6) is 0 Å². The molecule has 2 heterocycles. The second-order valence-electron chi connectivity index (χ2n) is 3.93. The minimum absolute atomic E-state index is 0.603. The van der Waals surface area contributed by atoms with E-state index in [2.05, 4.69) is 20.4 Å². The highest BCUT2D eigenvalue weighted by Crippen LogP contribution is 2.12. The Labute approximate surface area is 95.1 Å². The Morgan fingerprint density at radius 2 is 2.31 bits per heavy atom. The number of rotatable bonds is 5. The number of H-pyrrole nitrogens is 1. The van der Waals surface area contributed by atoms with Crippen molar-refractivity contribution in [3.8, 4) is 0 Å². The van der Waals surface area contributed by atoms with Crippen molar-refractivity contribution in [3.63, 3.8) is 0 Å². The standard InChI is InChI=1S/C10H19N5O/c11-10-9(8-13-14-10)12-2-1-3-15-4-6-16-7-5-15/h8,12H,1-7H2,(H3,11,13,14). The maximum Gasteiger partial charge on any atom is 0.142 e. The molecule has 6 nitrogen and oxygen atoms in total. The van der Waals surface area contributed by atoms with Gasteiger partial charge in [0.15, 0.2) is 0 Å². The molecule has 2 rings (SSSR count). The SMILES string of the molecule is Nc1[nH]ncc1NCCCN1CCOCC1. The summed E-state index contributed by atoms with van der Waals surface area (Å²) in [5, 5.41) is 9.80. The highest BCUT2D eigenvalue weighted by molar-refractivity contribution is 5.59. The van der Waals surface area contributed by atoms with E-state index in [1.165, 1.54) is 0 Å². The van der Waals surface area contributed by atoms with Gasteiger partial charge in [-0.2, -0.15) is 5.10 Å². The van der Waals surface area contributed by atoms with Gasteiger partial charge in [0.2, 0.25) is 0 Å². The summed E-state index contributed by atoms with van der Waals surface area (Å²) in [5.74, 6) is 0.603. The van der Waals surface area contributed by atoms with Crippen LogP contribution in [0.2, 0.25) is 0 Å². The zero-order valence-electron chi connectivity index (χ0n) is 9.41. The zero-order valence-corrected chi connectivity index (χ0v) is 9.41. The number of hydrogen-bond donors (Lipinski definition) is 3. The molecule has 0 atom stereocenters. The van der Waals surface area contributed by atoms with Gasteiger partial charge in [-0.25, -0.2) is 0 Å². The summed E-state index contributed by atoms with van der Waals surface area (Å²) in [6, 6.07) is 0. The normalized spacial score (nSPS) is 17.5. The lowest BCUT2D eigenvalue weighted by atomic mass is 10.3. The fourth-order valence-corrected chi connectivity index (χ4v) is 1.79. The number of aromatic nitrogens is 2. The smallest absolute Gasteiger partial charge is 0.142 e. The fourth-order valence-electron chi connectivity index (χ4n) is 1.79. The first-order chi connectivity index (χ1) is 7.86. The van der Waals surface area contributed by atoms with E-state index in [-0.39, 0.29) is 0 Å². The van der Waals surface area contributed by atoms with Crippen LogP contribution in [-0.2, 0) is 4.74 Å². The predicted octanol–water partition coefficient (Wildman–Crippen LogP) is 0.126. The van der Waals surface area contributed by atoms with Crippen LogP contribution >= 0.6 is 0 Å². The van der Waals surface area contributed by atoms with Crippen LogP contribution in [0.15, 0.2) is 6.20 Å². The fraction of sp³-hybridized carbons (Fsp3) is 0.700. The van der Waals surface area contributed by atoms with Gasteiger partial charge < -0.3 is 15.8 Å². The molecule has 1 fully saturated rings. The predicted molar refractivity (Wildman–Crippen MR) is 63.4 cm³/mol. The Hall–Kier alpha value is -1.27. The first kappa shape index (κ1) is 11.2. The first-order valence-corrected chi connectivity index (χ1v) is 5.69. The summed E-state index contributed by atoms with van der Waals surface area (Å²) in [6.45, 7) is 5.85. The Bertz CT molecular complexity index is 308. The molecule has 1 aromatic rings. The number of nitrogens with one attached hydrogen (secondary N) is 2. The summed E-state index contributed by atoms with van der Waals surface area (Å²) in [4.78, 5) is 2.42. The average molecular weight is 225 g/mol. The number of hydrogen-bond acceptors (Lipinski definition) is 5. The molecular weight excluding hydrogens is 206 g/mol. The van der Waals surface area contributed by atoms with Crippen LogP contribution in [0.1, 0.15) is 6.42 Å². The summed E-state index contributed by atoms with van der Waals surface area (Å²) in [6.07, 6.45) is 2.81. The lowest BCUT2D eigenvalue weighted by Gasteiger charge is -2.26. The molecule has 1 aliphatic heterocycles. The minimum Gasteiger partial charge on any atom is -0.382 e. The summed E-state index contributed by atoms with van der Waals surface area (Å²) < 4.78 is 5.29. The summed E-state index contributed by atoms with van der Waals surface area (Å²) >= 11 is 0. The molecule has 0 saturated carbocycles. The van der Waals surface area contributed by atoms with Gasteiger partial charge in [-0.15, -0.1) is 0 Å². The number of nitrogens with two attached hydrogens (primary N) is 1. The molecule has 0 bridgehead atoms. The molecule has 4 N–H and O–H groups in total. The molecule has 0 amide bonds. The molecule has 6 heteroatoms. The molecule has 0 unspecified atom stereocenters. The molecule has 0 radical (unpaired) electrons. The second-order valence-corrected chi connectivity index (χ2v) is 3.93. The molecule has 1 saturated heterocycles. The van der Waals surface area contributed by atoms with E-state index in [9.17, 15) is 0 Å². The van der Waals surface area contributed by atoms with E-state index in [0.29, 0.717) is 5.82 Å². The average Bonchev–Trinajstić information content (AvgIpc) is 2.72. The van der Waals surface area contributed by atoms with E-state index >= 15 is 0 Å². The van der Waals surface area contributed by atoms with Gasteiger partial charge in [0.25, 0.3) is 0 Å². The maximum atomic E-state index is 5.66. The summed E-state index contributed by atoms with van der Waals surface area (Å²) in [5.41, 5.74) is 6.55. The Morgan fingerprint density at radius 1 is 1.50 bits per heavy atom. The van der Waals surface area contributed by atoms with Crippen molar-refractivity contribution in [1.29, 1.82) is 0 Å². The van der Waals surface area contributed by atoms with Crippen molar-refractivity contribution in [2.45, 2.75) is 6.42 Å². The van der Waals surface area contributed by atoms with E-state index < -0.39 is 0 Å². The highest BCUT2D eigenvalue weighted by atomic mass is 16.5. The van der Waals surface area contributed by atoms with Crippen LogP contribution in [-0.4, -0.2) is 54.5 Å². The quantitative estimate of drug-likeness (QED) is 0.621. The number of nitrogens with zero attached hydrogens (tertiary/aromatic N) is 2. The largest absolute Gasteiger partial charge is 0.382 e. The Morgan fingerprint density at radius 3 is 3.00 bits per heavy atom. The molecule has 90 valence electrons. The zero-order chi connectivity index (χ0) is 11.2. The Kier molecular flexibility index (Phi) is 4.01. The van der Waals surface area contributed by atoms with Crippen molar-refractivity contribution in [2.24, 2.45) is 0 Å². The van der Waals surface area contributed by atoms with E-state index in [0.717, 1.165) is 51.5 Å². The van der Waals surface area contributed by atoms with Crippen molar-refractivity contribution in [1.82, 2.24) is 15.1 Å². The highest BCUT2D eigenvalue weighted by Gasteiger charge is 2.09. The third-order valence-electron chi connectivity index (χ3n) is 2.74. The van der Waals surface area contributed by atoms with Crippen LogP contribution in [0.25, 0.3) is 0 Å². The lowest BCUT2D eigenvalue weighted by molar-refractivity contribution is 0.0378. The van der Waals surface area contributed by atoms with Crippen molar-refractivity contribution < 1.29 is 4.74 Å². The molecule has 0 aromatic carbocycles. The van der Waals surface area contributed by atoms with E-state index in [1.807, 2.05) is 0 Å². The maximum absolute atomic E-state index is 5.66.